The number of hydrogen-bond acceptors (Lipinski definition) is 1. The number of halogens is 3. The van der Waals surface area contributed by atoms with Gasteiger partial charge in [0.15, 0.2) is 0 Å². The topological polar surface area (TPSA) is 12.0 Å². The Morgan fingerprint density at radius 3 is 2.00 bits per heavy atom. The third-order valence-electron chi connectivity index (χ3n) is 3.86. The van der Waals surface area contributed by atoms with Crippen molar-refractivity contribution < 1.29 is 0 Å². The first-order valence-electron chi connectivity index (χ1n) is 6.40. The van der Waals surface area contributed by atoms with Gasteiger partial charge < -0.3 is 5.32 Å². The smallest absolute Gasteiger partial charge is 0.0722 e. The highest BCUT2D eigenvalue weighted by Gasteiger charge is 2.28. The van der Waals surface area contributed by atoms with Crippen molar-refractivity contribution >= 4 is 40.5 Å². The van der Waals surface area contributed by atoms with E-state index in [0.717, 1.165) is 5.69 Å². The van der Waals surface area contributed by atoms with Gasteiger partial charge in [0, 0.05) is 11.1 Å². The lowest BCUT2D eigenvalue weighted by molar-refractivity contribution is 0.268. The second-order valence-electron chi connectivity index (χ2n) is 5.30. The predicted octanol–water partition coefficient (Wildman–Crippen LogP) is 5.88. The molecule has 0 heterocycles. The minimum Gasteiger partial charge on any atom is -0.379 e. The zero-order chi connectivity index (χ0) is 13.3. The second-order valence-corrected chi connectivity index (χ2v) is 6.55. The Bertz CT molecular complexity index is 400. The third-order valence-corrected chi connectivity index (χ3v) is 4.68. The summed E-state index contributed by atoms with van der Waals surface area (Å²) in [6.07, 6.45) is 3.82. The molecule has 18 heavy (non-hydrogen) atoms. The Morgan fingerprint density at radius 2 is 1.50 bits per heavy atom. The van der Waals surface area contributed by atoms with Gasteiger partial charge >= 0.3 is 0 Å². The quantitative estimate of drug-likeness (QED) is 0.719. The van der Waals surface area contributed by atoms with Gasteiger partial charge in [-0.3, -0.25) is 0 Å². The fourth-order valence-electron chi connectivity index (χ4n) is 2.81. The molecule has 1 aromatic rings. The zero-order valence-electron chi connectivity index (χ0n) is 10.6. The Labute approximate surface area is 124 Å². The largest absolute Gasteiger partial charge is 0.379 e. The van der Waals surface area contributed by atoms with Gasteiger partial charge in [-0.25, -0.2) is 0 Å². The summed E-state index contributed by atoms with van der Waals surface area (Å²) in [6, 6.07) is 3.89. The van der Waals surface area contributed by atoms with Gasteiger partial charge in [-0.05, 0) is 36.8 Å². The Balaban J connectivity index is 2.23. The molecule has 1 fully saturated rings. The molecule has 0 spiro atoms. The molecule has 1 aliphatic carbocycles. The maximum absolute atomic E-state index is 6.22. The van der Waals surface area contributed by atoms with Gasteiger partial charge in [0.05, 0.1) is 15.7 Å². The van der Waals surface area contributed by atoms with Gasteiger partial charge in [-0.1, -0.05) is 55.1 Å². The van der Waals surface area contributed by atoms with Crippen molar-refractivity contribution in [2.24, 2.45) is 11.8 Å². The van der Waals surface area contributed by atoms with Crippen molar-refractivity contribution in [3.05, 3.63) is 27.2 Å². The van der Waals surface area contributed by atoms with E-state index in [1.807, 2.05) is 0 Å². The molecule has 2 rings (SSSR count). The van der Waals surface area contributed by atoms with E-state index in [2.05, 4.69) is 19.2 Å². The van der Waals surface area contributed by atoms with Gasteiger partial charge in [-0.15, -0.1) is 0 Å². The van der Waals surface area contributed by atoms with Crippen LogP contribution in [0.5, 0.6) is 0 Å². The van der Waals surface area contributed by atoms with Gasteiger partial charge in [0.1, 0.15) is 0 Å². The summed E-state index contributed by atoms with van der Waals surface area (Å²) in [4.78, 5) is 0. The minimum absolute atomic E-state index is 0.426. The van der Waals surface area contributed by atoms with Crippen molar-refractivity contribution in [1.29, 1.82) is 0 Å². The molecule has 2 unspecified atom stereocenters. The van der Waals surface area contributed by atoms with E-state index in [9.17, 15) is 0 Å². The van der Waals surface area contributed by atoms with Crippen LogP contribution in [0, 0.1) is 11.8 Å². The minimum atomic E-state index is 0.426. The van der Waals surface area contributed by atoms with Crippen LogP contribution in [0.2, 0.25) is 15.1 Å². The molecular formula is C14H18Cl3N. The lowest BCUT2D eigenvalue weighted by atomic mass is 9.78. The van der Waals surface area contributed by atoms with E-state index in [0.29, 0.717) is 32.9 Å². The van der Waals surface area contributed by atoms with E-state index in [1.54, 1.807) is 12.1 Å². The van der Waals surface area contributed by atoms with Crippen LogP contribution in [0.4, 0.5) is 5.69 Å². The summed E-state index contributed by atoms with van der Waals surface area (Å²) in [5, 5.41) is 5.28. The number of nitrogens with one attached hydrogen (secondary N) is 1. The molecule has 0 amide bonds. The summed E-state index contributed by atoms with van der Waals surface area (Å²) in [5.41, 5.74) is 0.813. The molecule has 0 saturated heterocycles. The fourth-order valence-corrected chi connectivity index (χ4v) is 3.74. The molecule has 2 atom stereocenters. The molecule has 1 nitrogen and oxygen atoms in total. The van der Waals surface area contributed by atoms with E-state index in [1.165, 1.54) is 19.3 Å². The van der Waals surface area contributed by atoms with Crippen molar-refractivity contribution in [1.82, 2.24) is 0 Å². The number of benzene rings is 1. The summed E-state index contributed by atoms with van der Waals surface area (Å²) >= 11 is 18.4. The first-order chi connectivity index (χ1) is 8.49. The van der Waals surface area contributed by atoms with Crippen LogP contribution in [0.25, 0.3) is 0 Å². The van der Waals surface area contributed by atoms with E-state index in [-0.39, 0.29) is 0 Å². The highest BCUT2D eigenvalue weighted by Crippen LogP contribution is 2.38. The first kappa shape index (κ1) is 14.3. The lowest BCUT2D eigenvalue weighted by Crippen LogP contribution is -2.37. The third kappa shape index (κ3) is 3.07. The highest BCUT2D eigenvalue weighted by molar-refractivity contribution is 6.41. The Morgan fingerprint density at radius 1 is 1.00 bits per heavy atom. The van der Waals surface area contributed by atoms with Crippen LogP contribution in [0.15, 0.2) is 12.1 Å². The normalized spacial score (nSPS) is 28.2. The Hall–Kier alpha value is -0.110. The summed E-state index contributed by atoms with van der Waals surface area (Å²) < 4.78 is 0. The van der Waals surface area contributed by atoms with Gasteiger partial charge in [-0.2, -0.15) is 0 Å². The molecule has 0 radical (unpaired) electrons. The molecule has 0 bridgehead atoms. The maximum atomic E-state index is 6.22. The van der Waals surface area contributed by atoms with E-state index < -0.39 is 0 Å². The van der Waals surface area contributed by atoms with Crippen LogP contribution < -0.4 is 5.32 Å². The summed E-state index contributed by atoms with van der Waals surface area (Å²) in [6.45, 7) is 4.57. The molecule has 1 saturated carbocycles. The fraction of sp³-hybridized carbons (Fsp3) is 0.571. The van der Waals surface area contributed by atoms with Crippen LogP contribution in [-0.2, 0) is 0 Å². The van der Waals surface area contributed by atoms with Crippen LogP contribution in [-0.4, -0.2) is 6.04 Å². The molecular weight excluding hydrogens is 289 g/mol. The summed E-state index contributed by atoms with van der Waals surface area (Å²) in [7, 11) is 0. The van der Waals surface area contributed by atoms with Crippen LogP contribution in [0.3, 0.4) is 0 Å². The number of rotatable bonds is 2. The van der Waals surface area contributed by atoms with Crippen molar-refractivity contribution in [3.63, 3.8) is 0 Å². The number of anilines is 1. The molecule has 0 aliphatic heterocycles. The van der Waals surface area contributed by atoms with Gasteiger partial charge in [0.2, 0.25) is 0 Å². The molecule has 1 N–H and O–H groups in total. The molecule has 1 aliphatic rings. The van der Waals surface area contributed by atoms with E-state index in [4.69, 9.17) is 34.8 Å². The Kier molecular flexibility index (Phi) is 4.69. The standard InChI is InChI=1S/C14H18Cl3N/c1-8-4-3-5-9(2)13(8)18-14-11(16)6-10(15)7-12(14)17/h6-9,13,18H,3-5H2,1-2H3. The highest BCUT2D eigenvalue weighted by atomic mass is 35.5. The van der Waals surface area contributed by atoms with Crippen LogP contribution >= 0.6 is 34.8 Å². The van der Waals surface area contributed by atoms with Gasteiger partial charge in [0.25, 0.3) is 0 Å². The molecule has 100 valence electrons. The van der Waals surface area contributed by atoms with Crippen molar-refractivity contribution in [3.8, 4) is 0 Å². The second kappa shape index (κ2) is 5.90. The molecule has 4 heteroatoms. The predicted molar refractivity (Wildman–Crippen MR) is 81.1 cm³/mol. The SMILES string of the molecule is CC1CCCC(C)C1Nc1c(Cl)cc(Cl)cc1Cl. The average molecular weight is 307 g/mol. The zero-order valence-corrected chi connectivity index (χ0v) is 12.9. The van der Waals surface area contributed by atoms with Crippen molar-refractivity contribution in [2.75, 3.05) is 5.32 Å². The van der Waals surface area contributed by atoms with Crippen molar-refractivity contribution in [2.45, 2.75) is 39.2 Å². The molecule has 0 aromatic heterocycles. The average Bonchev–Trinajstić information content (AvgIpc) is 2.26. The van der Waals surface area contributed by atoms with E-state index >= 15 is 0 Å². The molecule has 1 aromatic carbocycles. The summed E-state index contributed by atoms with van der Waals surface area (Å²) in [5.74, 6) is 1.27. The number of hydrogen-bond donors (Lipinski definition) is 1. The maximum Gasteiger partial charge on any atom is 0.0722 e. The van der Waals surface area contributed by atoms with Crippen LogP contribution in [0.1, 0.15) is 33.1 Å². The monoisotopic (exact) mass is 305 g/mol. The lowest BCUT2D eigenvalue weighted by Gasteiger charge is -2.36. The first-order valence-corrected chi connectivity index (χ1v) is 7.53.